The molecule has 0 saturated carbocycles. The molecule has 2 heterocycles. The maximum atomic E-state index is 11.9. The van der Waals surface area contributed by atoms with E-state index in [1.807, 2.05) is 6.92 Å². The van der Waals surface area contributed by atoms with Gasteiger partial charge in [-0.05, 0) is 31.0 Å². The van der Waals surface area contributed by atoms with Gasteiger partial charge in [0.15, 0.2) is 0 Å². The van der Waals surface area contributed by atoms with E-state index in [0.29, 0.717) is 19.6 Å². The number of nitrogens with one attached hydrogen (secondary N) is 2. The number of carbonyl (C=O) groups is 1. The average Bonchev–Trinajstić information content (AvgIpc) is 2.77. The summed E-state index contributed by atoms with van der Waals surface area (Å²) >= 11 is 0. The van der Waals surface area contributed by atoms with Crippen LogP contribution in [0.1, 0.15) is 23.7 Å². The van der Waals surface area contributed by atoms with Crippen molar-refractivity contribution in [2.75, 3.05) is 6.61 Å². The molecule has 1 atom stereocenters. The standard InChI is InChI=1S/C15H18N2O2/c1-3-19-15(18)12-7-10-13(8-16-12)17-11-6-4-5-9(2)14(10)11/h4-6,12,16-17H,3,7-8H2,1-2H3. The third-order valence-corrected chi connectivity index (χ3v) is 3.73. The zero-order chi connectivity index (χ0) is 13.4. The van der Waals surface area contributed by atoms with E-state index in [4.69, 9.17) is 4.74 Å². The van der Waals surface area contributed by atoms with Gasteiger partial charge in [0.25, 0.3) is 0 Å². The fourth-order valence-corrected chi connectivity index (χ4v) is 2.85. The van der Waals surface area contributed by atoms with Gasteiger partial charge in [0.05, 0.1) is 6.61 Å². The molecular formula is C15H18N2O2. The molecule has 1 aromatic heterocycles. The first-order valence-corrected chi connectivity index (χ1v) is 6.69. The van der Waals surface area contributed by atoms with Crippen molar-refractivity contribution in [3.63, 3.8) is 0 Å². The second-order valence-electron chi connectivity index (χ2n) is 4.97. The molecule has 1 aliphatic heterocycles. The lowest BCUT2D eigenvalue weighted by Crippen LogP contribution is -2.42. The molecule has 2 aromatic rings. The molecule has 0 spiro atoms. The highest BCUT2D eigenvalue weighted by molar-refractivity contribution is 5.89. The summed E-state index contributed by atoms with van der Waals surface area (Å²) in [5.41, 5.74) is 4.84. The molecule has 4 nitrogen and oxygen atoms in total. The zero-order valence-electron chi connectivity index (χ0n) is 11.2. The molecule has 0 aliphatic carbocycles. The van der Waals surface area contributed by atoms with Crippen LogP contribution in [0.4, 0.5) is 0 Å². The van der Waals surface area contributed by atoms with Crippen LogP contribution in [0.15, 0.2) is 18.2 Å². The monoisotopic (exact) mass is 258 g/mol. The van der Waals surface area contributed by atoms with Crippen LogP contribution in [0.5, 0.6) is 0 Å². The second-order valence-corrected chi connectivity index (χ2v) is 4.97. The lowest BCUT2D eigenvalue weighted by molar-refractivity contribution is -0.145. The number of H-pyrrole nitrogens is 1. The van der Waals surface area contributed by atoms with Crippen LogP contribution in [0.25, 0.3) is 10.9 Å². The second kappa shape index (κ2) is 4.70. The number of ether oxygens (including phenoxy) is 1. The smallest absolute Gasteiger partial charge is 0.323 e. The Morgan fingerprint density at radius 3 is 3.11 bits per heavy atom. The van der Waals surface area contributed by atoms with Crippen LogP contribution in [0.2, 0.25) is 0 Å². The maximum Gasteiger partial charge on any atom is 0.323 e. The Hall–Kier alpha value is -1.81. The Morgan fingerprint density at radius 2 is 2.32 bits per heavy atom. The number of aryl methyl sites for hydroxylation is 1. The van der Waals surface area contributed by atoms with Crippen molar-refractivity contribution in [3.05, 3.63) is 35.0 Å². The molecular weight excluding hydrogens is 240 g/mol. The molecule has 3 rings (SSSR count). The Kier molecular flexibility index (Phi) is 3.03. The van der Waals surface area contributed by atoms with E-state index < -0.39 is 0 Å². The summed E-state index contributed by atoms with van der Waals surface area (Å²) in [5.74, 6) is -0.156. The first-order valence-electron chi connectivity index (χ1n) is 6.69. The highest BCUT2D eigenvalue weighted by Crippen LogP contribution is 2.29. The number of hydrogen-bond acceptors (Lipinski definition) is 3. The van der Waals surface area contributed by atoms with Crippen LogP contribution in [0.3, 0.4) is 0 Å². The number of carbonyl (C=O) groups excluding carboxylic acids is 1. The van der Waals surface area contributed by atoms with Gasteiger partial charge in [-0.25, -0.2) is 0 Å². The van der Waals surface area contributed by atoms with Crippen LogP contribution in [0, 0.1) is 6.92 Å². The van der Waals surface area contributed by atoms with Crippen LogP contribution < -0.4 is 5.32 Å². The van der Waals surface area contributed by atoms with E-state index in [1.165, 1.54) is 22.2 Å². The van der Waals surface area contributed by atoms with Crippen molar-refractivity contribution in [1.29, 1.82) is 0 Å². The number of aromatic amines is 1. The SMILES string of the molecule is CCOC(=O)C1Cc2c([nH]c3cccc(C)c23)CN1. The van der Waals surface area contributed by atoms with Crippen molar-refractivity contribution in [1.82, 2.24) is 10.3 Å². The molecule has 0 bridgehead atoms. The lowest BCUT2D eigenvalue weighted by Gasteiger charge is -2.22. The van der Waals surface area contributed by atoms with E-state index in [2.05, 4.69) is 35.4 Å². The normalized spacial score (nSPS) is 18.3. The van der Waals surface area contributed by atoms with Gasteiger partial charge >= 0.3 is 5.97 Å². The molecule has 1 aliphatic rings. The largest absolute Gasteiger partial charge is 0.465 e. The fraction of sp³-hybridized carbons (Fsp3) is 0.400. The van der Waals surface area contributed by atoms with Gasteiger partial charge in [0, 0.05) is 29.6 Å². The fourth-order valence-electron chi connectivity index (χ4n) is 2.85. The Bertz CT molecular complexity index is 630. The average molecular weight is 258 g/mol. The summed E-state index contributed by atoms with van der Waals surface area (Å²) in [4.78, 5) is 15.3. The summed E-state index contributed by atoms with van der Waals surface area (Å²) in [6, 6.07) is 6.01. The molecule has 0 fully saturated rings. The quantitative estimate of drug-likeness (QED) is 0.811. The summed E-state index contributed by atoms with van der Waals surface area (Å²) in [6.07, 6.45) is 0.693. The van der Waals surface area contributed by atoms with Crippen molar-refractivity contribution >= 4 is 16.9 Å². The first kappa shape index (κ1) is 12.2. The minimum Gasteiger partial charge on any atom is -0.465 e. The number of esters is 1. The summed E-state index contributed by atoms with van der Waals surface area (Å²) in [7, 11) is 0. The van der Waals surface area contributed by atoms with Crippen molar-refractivity contribution in [3.8, 4) is 0 Å². The third-order valence-electron chi connectivity index (χ3n) is 3.73. The molecule has 4 heteroatoms. The molecule has 100 valence electrons. The Labute approximate surface area is 112 Å². The van der Waals surface area contributed by atoms with Crippen LogP contribution >= 0.6 is 0 Å². The predicted octanol–water partition coefficient (Wildman–Crippen LogP) is 2.05. The number of fused-ring (bicyclic) bond motifs is 3. The maximum absolute atomic E-state index is 11.9. The van der Waals surface area contributed by atoms with Gasteiger partial charge in [0.1, 0.15) is 6.04 Å². The van der Waals surface area contributed by atoms with Gasteiger partial charge in [-0.15, -0.1) is 0 Å². The highest BCUT2D eigenvalue weighted by Gasteiger charge is 2.28. The molecule has 0 radical (unpaired) electrons. The van der Waals surface area contributed by atoms with Crippen molar-refractivity contribution < 1.29 is 9.53 Å². The molecule has 2 N–H and O–H groups in total. The topological polar surface area (TPSA) is 54.1 Å². The van der Waals surface area contributed by atoms with E-state index in [1.54, 1.807) is 0 Å². The summed E-state index contributed by atoms with van der Waals surface area (Å²) in [5, 5.41) is 4.49. The number of rotatable bonds is 2. The van der Waals surface area contributed by atoms with Gasteiger partial charge in [-0.1, -0.05) is 12.1 Å². The molecule has 0 saturated heterocycles. The summed E-state index contributed by atoms with van der Waals surface area (Å²) < 4.78 is 5.10. The number of benzene rings is 1. The van der Waals surface area contributed by atoms with Crippen LogP contribution in [-0.2, 0) is 22.5 Å². The van der Waals surface area contributed by atoms with Crippen molar-refractivity contribution in [2.24, 2.45) is 0 Å². The molecule has 0 amide bonds. The van der Waals surface area contributed by atoms with Gasteiger partial charge in [0.2, 0.25) is 0 Å². The third kappa shape index (κ3) is 2.02. The van der Waals surface area contributed by atoms with Gasteiger partial charge in [-0.3, -0.25) is 10.1 Å². The Morgan fingerprint density at radius 1 is 1.47 bits per heavy atom. The van der Waals surface area contributed by atoms with Crippen molar-refractivity contribution in [2.45, 2.75) is 32.9 Å². The van der Waals surface area contributed by atoms with Crippen LogP contribution in [-0.4, -0.2) is 23.6 Å². The minimum atomic E-state index is -0.231. The van der Waals surface area contributed by atoms with E-state index in [-0.39, 0.29) is 12.0 Å². The zero-order valence-corrected chi connectivity index (χ0v) is 11.2. The van der Waals surface area contributed by atoms with E-state index in [0.717, 1.165) is 5.52 Å². The van der Waals surface area contributed by atoms with Gasteiger partial charge in [-0.2, -0.15) is 0 Å². The summed E-state index contributed by atoms with van der Waals surface area (Å²) in [6.45, 7) is 5.06. The lowest BCUT2D eigenvalue weighted by atomic mass is 9.96. The minimum absolute atomic E-state index is 0.156. The van der Waals surface area contributed by atoms with Gasteiger partial charge < -0.3 is 9.72 Å². The molecule has 1 aromatic carbocycles. The number of aromatic nitrogens is 1. The Balaban J connectivity index is 1.99. The number of hydrogen-bond donors (Lipinski definition) is 2. The molecule has 19 heavy (non-hydrogen) atoms. The van der Waals surface area contributed by atoms with E-state index >= 15 is 0 Å². The first-order chi connectivity index (χ1) is 9.20. The predicted molar refractivity (Wildman–Crippen MR) is 74.0 cm³/mol. The van der Waals surface area contributed by atoms with E-state index in [9.17, 15) is 4.79 Å². The molecule has 1 unspecified atom stereocenters. The highest BCUT2D eigenvalue weighted by atomic mass is 16.5.